The Balaban J connectivity index is 1.65. The molecule has 0 amide bonds. The summed E-state index contributed by atoms with van der Waals surface area (Å²) in [5.74, 6) is 0.429. The monoisotopic (exact) mass is 418 g/mol. The highest BCUT2D eigenvalue weighted by Crippen LogP contribution is 2.24. The summed E-state index contributed by atoms with van der Waals surface area (Å²) >= 11 is 0. The minimum atomic E-state index is -4.85. The molecule has 3 rings (SSSR count). The van der Waals surface area contributed by atoms with Crippen LogP contribution in [0.15, 0.2) is 41.4 Å². The molecule has 0 spiro atoms. The van der Waals surface area contributed by atoms with Gasteiger partial charge in [0.2, 0.25) is 10.0 Å². The summed E-state index contributed by atoms with van der Waals surface area (Å²) in [6.07, 6.45) is -3.31. The molecule has 0 unspecified atom stereocenters. The van der Waals surface area contributed by atoms with Crippen LogP contribution in [0.5, 0.6) is 5.75 Å². The molecule has 0 atom stereocenters. The van der Waals surface area contributed by atoms with Crippen LogP contribution >= 0.6 is 0 Å². The van der Waals surface area contributed by atoms with Crippen molar-refractivity contribution in [2.45, 2.75) is 17.8 Å². The molecule has 0 radical (unpaired) electrons. The molecule has 1 fully saturated rings. The van der Waals surface area contributed by atoms with E-state index in [0.29, 0.717) is 32.1 Å². The Hall–Kier alpha value is -2.44. The fraction of sp³-hybridized carbons (Fsp3) is 0.375. The number of halogens is 3. The third-order valence-corrected chi connectivity index (χ3v) is 5.23. The molecule has 12 heteroatoms. The lowest BCUT2D eigenvalue weighted by atomic mass is 10.3. The average molecular weight is 418 g/mol. The van der Waals surface area contributed by atoms with Crippen LogP contribution in [-0.4, -0.2) is 51.1 Å². The zero-order chi connectivity index (χ0) is 20.2. The van der Waals surface area contributed by atoms with Crippen LogP contribution in [0.3, 0.4) is 0 Å². The number of hydrogen-bond donors (Lipinski definition) is 1. The number of alkyl halides is 3. The normalized spacial score (nSPS) is 15.5. The second-order valence-electron chi connectivity index (χ2n) is 5.77. The molecule has 1 N–H and O–H groups in total. The van der Waals surface area contributed by atoms with E-state index >= 15 is 0 Å². The van der Waals surface area contributed by atoms with Crippen molar-refractivity contribution < 1.29 is 31.1 Å². The summed E-state index contributed by atoms with van der Waals surface area (Å²) in [6.45, 7) is 2.35. The van der Waals surface area contributed by atoms with Gasteiger partial charge in [0.15, 0.2) is 0 Å². The predicted octanol–water partition coefficient (Wildman–Crippen LogP) is 1.69. The van der Waals surface area contributed by atoms with Gasteiger partial charge in [-0.3, -0.25) is 0 Å². The number of aromatic nitrogens is 2. The van der Waals surface area contributed by atoms with Gasteiger partial charge in [0.05, 0.1) is 24.7 Å². The van der Waals surface area contributed by atoms with Gasteiger partial charge in [0.25, 0.3) is 0 Å². The molecule has 0 saturated carbocycles. The van der Waals surface area contributed by atoms with Crippen molar-refractivity contribution in [3.63, 3.8) is 0 Å². The molecular weight excluding hydrogens is 401 g/mol. The minimum absolute atomic E-state index is 0.165. The number of sulfonamides is 1. The predicted molar refractivity (Wildman–Crippen MR) is 92.2 cm³/mol. The summed E-state index contributed by atoms with van der Waals surface area (Å²) in [4.78, 5) is 10.2. The van der Waals surface area contributed by atoms with E-state index in [1.54, 1.807) is 6.07 Å². The Bertz CT molecular complexity index is 901. The van der Waals surface area contributed by atoms with Gasteiger partial charge >= 0.3 is 6.36 Å². The standard InChI is InChI=1S/C16H17F3N4O4S/c17-16(18,19)27-12-1-3-13(4-2-12)28(24,25)21-11-14-20-6-5-15(22-14)23-7-9-26-10-8-23/h1-6,21H,7-11H2. The fourth-order valence-corrected chi connectivity index (χ4v) is 3.49. The molecule has 1 aromatic carbocycles. The van der Waals surface area contributed by atoms with Crippen molar-refractivity contribution in [2.75, 3.05) is 31.2 Å². The maximum Gasteiger partial charge on any atom is 0.573 e. The largest absolute Gasteiger partial charge is 0.573 e. The molecule has 28 heavy (non-hydrogen) atoms. The summed E-state index contributed by atoms with van der Waals surface area (Å²) in [7, 11) is -3.96. The molecular formula is C16H17F3N4O4S. The highest BCUT2D eigenvalue weighted by molar-refractivity contribution is 7.89. The smallest absolute Gasteiger partial charge is 0.406 e. The minimum Gasteiger partial charge on any atom is -0.406 e. The lowest BCUT2D eigenvalue weighted by Crippen LogP contribution is -2.37. The molecule has 0 aliphatic carbocycles. The molecule has 1 saturated heterocycles. The quantitative estimate of drug-likeness (QED) is 0.763. The van der Waals surface area contributed by atoms with Crippen molar-refractivity contribution in [2.24, 2.45) is 0 Å². The number of rotatable bonds is 6. The lowest BCUT2D eigenvalue weighted by molar-refractivity contribution is -0.274. The molecule has 152 valence electrons. The van der Waals surface area contributed by atoms with Crippen LogP contribution in [0, 0.1) is 0 Å². The van der Waals surface area contributed by atoms with E-state index in [1.165, 1.54) is 6.20 Å². The van der Waals surface area contributed by atoms with Gasteiger partial charge in [0.1, 0.15) is 17.4 Å². The van der Waals surface area contributed by atoms with Gasteiger partial charge in [-0.1, -0.05) is 0 Å². The van der Waals surface area contributed by atoms with Gasteiger partial charge < -0.3 is 14.4 Å². The van der Waals surface area contributed by atoms with E-state index in [0.717, 1.165) is 24.3 Å². The van der Waals surface area contributed by atoms with Gasteiger partial charge in [-0.15, -0.1) is 13.2 Å². The summed E-state index contributed by atoms with van der Waals surface area (Å²) < 4.78 is 72.5. The van der Waals surface area contributed by atoms with Crippen LogP contribution in [0.2, 0.25) is 0 Å². The zero-order valence-electron chi connectivity index (χ0n) is 14.5. The number of morpholine rings is 1. The average Bonchev–Trinajstić information content (AvgIpc) is 2.67. The second-order valence-corrected chi connectivity index (χ2v) is 7.54. The Labute approximate surface area is 159 Å². The molecule has 0 bridgehead atoms. The fourth-order valence-electron chi connectivity index (χ4n) is 2.51. The SMILES string of the molecule is O=S(=O)(NCc1nccc(N2CCOCC2)n1)c1ccc(OC(F)(F)F)cc1. The summed E-state index contributed by atoms with van der Waals surface area (Å²) in [6, 6.07) is 5.63. The van der Waals surface area contributed by atoms with Crippen molar-refractivity contribution in [3.05, 3.63) is 42.4 Å². The summed E-state index contributed by atoms with van der Waals surface area (Å²) in [5.41, 5.74) is 0. The van der Waals surface area contributed by atoms with Gasteiger partial charge in [-0.2, -0.15) is 0 Å². The maximum absolute atomic E-state index is 12.3. The molecule has 2 heterocycles. The summed E-state index contributed by atoms with van der Waals surface area (Å²) in [5, 5.41) is 0. The van der Waals surface area contributed by atoms with Crippen LogP contribution < -0.4 is 14.4 Å². The van der Waals surface area contributed by atoms with Crippen LogP contribution in [-0.2, 0) is 21.3 Å². The van der Waals surface area contributed by atoms with Gasteiger partial charge in [0, 0.05) is 19.3 Å². The third kappa shape index (κ3) is 5.53. The second kappa shape index (κ2) is 8.29. The Kier molecular flexibility index (Phi) is 6.01. The molecule has 1 aliphatic heterocycles. The Morgan fingerprint density at radius 3 is 2.46 bits per heavy atom. The third-order valence-electron chi connectivity index (χ3n) is 3.81. The zero-order valence-corrected chi connectivity index (χ0v) is 15.3. The topological polar surface area (TPSA) is 93.7 Å². The van der Waals surface area contributed by atoms with E-state index in [1.807, 2.05) is 4.90 Å². The Morgan fingerprint density at radius 1 is 1.14 bits per heavy atom. The van der Waals surface area contributed by atoms with Gasteiger partial charge in [-0.25, -0.2) is 23.1 Å². The van der Waals surface area contributed by atoms with Crippen molar-refractivity contribution in [1.82, 2.24) is 14.7 Å². The first-order valence-corrected chi connectivity index (χ1v) is 9.71. The molecule has 8 nitrogen and oxygen atoms in total. The molecule has 1 aliphatic rings. The van der Waals surface area contributed by atoms with Crippen molar-refractivity contribution in [1.29, 1.82) is 0 Å². The lowest BCUT2D eigenvalue weighted by Gasteiger charge is -2.27. The van der Waals surface area contributed by atoms with Crippen molar-refractivity contribution >= 4 is 15.8 Å². The van der Waals surface area contributed by atoms with Gasteiger partial charge in [-0.05, 0) is 30.3 Å². The van der Waals surface area contributed by atoms with Crippen LogP contribution in [0.25, 0.3) is 0 Å². The van der Waals surface area contributed by atoms with E-state index in [4.69, 9.17) is 4.74 Å². The van der Waals surface area contributed by atoms with E-state index in [9.17, 15) is 21.6 Å². The van der Waals surface area contributed by atoms with Crippen LogP contribution in [0.1, 0.15) is 5.82 Å². The molecule has 2 aromatic rings. The molecule has 1 aromatic heterocycles. The number of benzene rings is 1. The number of hydrogen-bond acceptors (Lipinski definition) is 7. The number of nitrogens with one attached hydrogen (secondary N) is 1. The number of anilines is 1. The van der Waals surface area contributed by atoms with E-state index in [2.05, 4.69) is 19.4 Å². The first-order chi connectivity index (χ1) is 13.2. The van der Waals surface area contributed by atoms with E-state index < -0.39 is 22.1 Å². The first kappa shape index (κ1) is 20.3. The first-order valence-electron chi connectivity index (χ1n) is 8.23. The maximum atomic E-state index is 12.3. The number of nitrogens with zero attached hydrogens (tertiary/aromatic N) is 3. The van der Waals surface area contributed by atoms with Crippen molar-refractivity contribution in [3.8, 4) is 5.75 Å². The highest BCUT2D eigenvalue weighted by Gasteiger charge is 2.31. The van der Waals surface area contributed by atoms with Crippen LogP contribution in [0.4, 0.5) is 19.0 Å². The number of ether oxygens (including phenoxy) is 2. The Morgan fingerprint density at radius 2 is 1.82 bits per heavy atom. The van der Waals surface area contributed by atoms with E-state index in [-0.39, 0.29) is 17.3 Å². The highest BCUT2D eigenvalue weighted by atomic mass is 32.2.